The third-order valence-corrected chi connectivity index (χ3v) is 5.47. The topological polar surface area (TPSA) is 42.4 Å². The molecule has 0 aliphatic carbocycles. The van der Waals surface area contributed by atoms with Crippen molar-refractivity contribution < 1.29 is 9.53 Å². The molecule has 1 aromatic carbocycles. The number of halogens is 2. The van der Waals surface area contributed by atoms with Crippen LogP contribution in [0.5, 0.6) is 0 Å². The van der Waals surface area contributed by atoms with Gasteiger partial charge in [-0.25, -0.2) is 9.78 Å². The van der Waals surface area contributed by atoms with Crippen molar-refractivity contribution >= 4 is 34.9 Å². The lowest BCUT2D eigenvalue weighted by atomic mass is 9.96. The van der Waals surface area contributed by atoms with Crippen LogP contribution in [0.25, 0.3) is 5.57 Å². The van der Waals surface area contributed by atoms with Crippen LogP contribution in [0, 0.1) is 0 Å². The molecule has 1 fully saturated rings. The number of amides is 1. The van der Waals surface area contributed by atoms with Crippen LogP contribution in [0.3, 0.4) is 0 Å². The number of aromatic nitrogens is 1. The van der Waals surface area contributed by atoms with Gasteiger partial charge in [0.05, 0.1) is 6.04 Å². The number of rotatable bonds is 3. The number of benzene rings is 1. The molecule has 0 saturated carbocycles. The predicted molar refractivity (Wildman–Crippen MR) is 102 cm³/mol. The highest BCUT2D eigenvalue weighted by molar-refractivity contribution is 6.33. The maximum absolute atomic E-state index is 12.6. The average molecular weight is 389 g/mol. The van der Waals surface area contributed by atoms with Crippen molar-refractivity contribution in [3.05, 3.63) is 70.0 Å². The Morgan fingerprint density at radius 3 is 2.69 bits per heavy atom. The molecule has 4 rings (SSSR count). The van der Waals surface area contributed by atoms with Crippen molar-refractivity contribution in [1.82, 2.24) is 9.88 Å². The fraction of sp³-hybridized carbons (Fsp3) is 0.300. The Morgan fingerprint density at radius 2 is 1.96 bits per heavy atom. The average Bonchev–Trinajstić information content (AvgIpc) is 2.90. The Morgan fingerprint density at radius 1 is 1.15 bits per heavy atom. The van der Waals surface area contributed by atoms with Crippen LogP contribution < -0.4 is 0 Å². The van der Waals surface area contributed by atoms with E-state index in [2.05, 4.69) is 11.1 Å². The maximum Gasteiger partial charge on any atom is 0.410 e. The zero-order valence-electron chi connectivity index (χ0n) is 14.1. The molecule has 1 saturated heterocycles. The number of pyridine rings is 1. The molecule has 2 bridgehead atoms. The molecule has 6 heteroatoms. The second-order valence-electron chi connectivity index (χ2n) is 6.61. The first-order valence-corrected chi connectivity index (χ1v) is 9.39. The molecule has 1 amide bonds. The number of hydrogen-bond donors (Lipinski definition) is 0. The summed E-state index contributed by atoms with van der Waals surface area (Å²) in [7, 11) is 0. The summed E-state index contributed by atoms with van der Waals surface area (Å²) in [5.74, 6) is 0. The van der Waals surface area contributed by atoms with E-state index in [9.17, 15) is 4.79 Å². The molecule has 0 radical (unpaired) electrons. The quantitative estimate of drug-likeness (QED) is 0.665. The Balaban J connectivity index is 1.49. The van der Waals surface area contributed by atoms with Crippen molar-refractivity contribution in [3.8, 4) is 0 Å². The molecule has 2 aliphatic rings. The minimum Gasteiger partial charge on any atom is -0.445 e. The summed E-state index contributed by atoms with van der Waals surface area (Å²) in [5.41, 5.74) is 3.00. The number of hydrogen-bond acceptors (Lipinski definition) is 3. The van der Waals surface area contributed by atoms with Gasteiger partial charge >= 0.3 is 6.09 Å². The van der Waals surface area contributed by atoms with E-state index in [0.29, 0.717) is 16.9 Å². The first-order valence-electron chi connectivity index (χ1n) is 8.64. The molecule has 26 heavy (non-hydrogen) atoms. The molecule has 0 spiro atoms. The van der Waals surface area contributed by atoms with Crippen molar-refractivity contribution in [1.29, 1.82) is 0 Å². The highest BCUT2D eigenvalue weighted by Crippen LogP contribution is 2.40. The van der Waals surface area contributed by atoms with E-state index in [1.807, 2.05) is 41.3 Å². The van der Waals surface area contributed by atoms with E-state index >= 15 is 0 Å². The van der Waals surface area contributed by atoms with E-state index in [0.717, 1.165) is 36.0 Å². The predicted octanol–water partition coefficient (Wildman–Crippen LogP) is 5.35. The van der Waals surface area contributed by atoms with Crippen LogP contribution in [0.4, 0.5) is 4.79 Å². The standard InChI is InChI=1S/C20H18Cl2N2O2/c21-18-9-8-17(19(22)23-18)14-10-15-6-7-16(11-14)24(15)20(25)26-12-13-4-2-1-3-5-13/h1-5,8-10,15-16H,6-7,11-12H2. The molecule has 2 unspecified atom stereocenters. The van der Waals surface area contributed by atoms with Gasteiger partial charge in [-0.3, -0.25) is 4.90 Å². The molecule has 4 nitrogen and oxygen atoms in total. The summed E-state index contributed by atoms with van der Waals surface area (Å²) in [4.78, 5) is 18.6. The molecule has 2 atom stereocenters. The molecular weight excluding hydrogens is 371 g/mol. The van der Waals surface area contributed by atoms with Crippen molar-refractivity contribution in [2.24, 2.45) is 0 Å². The molecule has 134 valence electrons. The first kappa shape index (κ1) is 17.4. The second kappa shape index (κ2) is 7.29. The number of fused-ring (bicyclic) bond motifs is 2. The Labute approximate surface area is 162 Å². The van der Waals surface area contributed by atoms with Crippen LogP contribution in [-0.2, 0) is 11.3 Å². The number of carbonyl (C=O) groups is 1. The normalized spacial score (nSPS) is 21.5. The molecule has 0 N–H and O–H groups in total. The van der Waals surface area contributed by atoms with Gasteiger partial charge in [0.25, 0.3) is 0 Å². The lowest BCUT2D eigenvalue weighted by Crippen LogP contribution is -2.43. The Hall–Kier alpha value is -2.04. The van der Waals surface area contributed by atoms with Gasteiger partial charge in [0.15, 0.2) is 0 Å². The van der Waals surface area contributed by atoms with Crippen molar-refractivity contribution in [2.75, 3.05) is 0 Å². The zero-order chi connectivity index (χ0) is 18.1. The van der Waals surface area contributed by atoms with Crippen LogP contribution in [-0.4, -0.2) is 28.1 Å². The first-order chi connectivity index (χ1) is 12.6. The van der Waals surface area contributed by atoms with Crippen molar-refractivity contribution in [2.45, 2.75) is 38.0 Å². The molecule has 2 aliphatic heterocycles. The highest BCUT2D eigenvalue weighted by atomic mass is 35.5. The van der Waals surface area contributed by atoms with E-state index < -0.39 is 0 Å². The fourth-order valence-electron chi connectivity index (χ4n) is 3.76. The summed E-state index contributed by atoms with van der Waals surface area (Å²) in [6.45, 7) is 0.291. The molecule has 1 aromatic heterocycles. The van der Waals surface area contributed by atoms with Gasteiger partial charge in [-0.15, -0.1) is 0 Å². The molecule has 2 aromatic rings. The van der Waals surface area contributed by atoms with Gasteiger partial charge in [-0.1, -0.05) is 59.6 Å². The largest absolute Gasteiger partial charge is 0.445 e. The van der Waals surface area contributed by atoms with Gasteiger partial charge < -0.3 is 4.74 Å². The fourth-order valence-corrected chi connectivity index (χ4v) is 4.23. The van der Waals surface area contributed by atoms with Gasteiger partial charge in [0.1, 0.15) is 16.9 Å². The van der Waals surface area contributed by atoms with Crippen LogP contribution in [0.1, 0.15) is 30.4 Å². The summed E-state index contributed by atoms with van der Waals surface area (Å²) in [6, 6.07) is 13.5. The second-order valence-corrected chi connectivity index (χ2v) is 7.36. The third-order valence-electron chi connectivity index (χ3n) is 4.97. The zero-order valence-corrected chi connectivity index (χ0v) is 15.6. The van der Waals surface area contributed by atoms with Gasteiger partial charge in [0.2, 0.25) is 0 Å². The third kappa shape index (κ3) is 3.44. The van der Waals surface area contributed by atoms with Gasteiger partial charge in [0, 0.05) is 11.6 Å². The van der Waals surface area contributed by atoms with E-state index in [1.54, 1.807) is 6.07 Å². The summed E-state index contributed by atoms with van der Waals surface area (Å²) < 4.78 is 5.53. The lowest BCUT2D eigenvalue weighted by molar-refractivity contribution is 0.0832. The van der Waals surface area contributed by atoms with E-state index in [4.69, 9.17) is 27.9 Å². The number of ether oxygens (including phenoxy) is 1. The minimum atomic E-state index is -0.253. The Kier molecular flexibility index (Phi) is 4.88. The highest BCUT2D eigenvalue weighted by Gasteiger charge is 2.41. The van der Waals surface area contributed by atoms with E-state index in [1.165, 1.54) is 0 Å². The van der Waals surface area contributed by atoms with Crippen LogP contribution in [0.2, 0.25) is 10.3 Å². The maximum atomic E-state index is 12.6. The minimum absolute atomic E-state index is 0.0405. The number of nitrogens with zero attached hydrogens (tertiary/aromatic N) is 2. The lowest BCUT2D eigenvalue weighted by Gasteiger charge is -2.33. The van der Waals surface area contributed by atoms with Crippen LogP contribution >= 0.6 is 23.2 Å². The monoisotopic (exact) mass is 388 g/mol. The van der Waals surface area contributed by atoms with Crippen molar-refractivity contribution in [3.63, 3.8) is 0 Å². The Bertz CT molecular complexity index is 854. The molecular formula is C20H18Cl2N2O2. The van der Waals surface area contributed by atoms with Gasteiger partial charge in [-0.2, -0.15) is 0 Å². The van der Waals surface area contributed by atoms with E-state index in [-0.39, 0.29) is 18.2 Å². The molecule has 3 heterocycles. The number of carbonyl (C=O) groups excluding carboxylic acids is 1. The SMILES string of the molecule is O=C(OCc1ccccc1)N1C2C=C(c3ccc(Cl)nc3Cl)CC1CC2. The van der Waals surface area contributed by atoms with Gasteiger partial charge in [-0.05, 0) is 42.5 Å². The summed E-state index contributed by atoms with van der Waals surface area (Å²) in [6.07, 6.45) is 4.51. The summed E-state index contributed by atoms with van der Waals surface area (Å²) >= 11 is 12.1. The smallest absolute Gasteiger partial charge is 0.410 e. The summed E-state index contributed by atoms with van der Waals surface area (Å²) in [5, 5.41) is 0.785. The van der Waals surface area contributed by atoms with Crippen LogP contribution in [0.15, 0.2) is 48.5 Å².